The molecule has 2 heterocycles. The first-order chi connectivity index (χ1) is 12.1. The van der Waals surface area contributed by atoms with Crippen LogP contribution in [-0.4, -0.2) is 32.4 Å². The Bertz CT molecular complexity index is 959. The van der Waals surface area contributed by atoms with Crippen molar-refractivity contribution >= 4 is 11.7 Å². The Balaban J connectivity index is 1.94. The smallest absolute Gasteiger partial charge is 0.257 e. The van der Waals surface area contributed by atoms with Crippen molar-refractivity contribution in [2.75, 3.05) is 11.9 Å². The number of H-pyrrole nitrogens is 1. The largest absolute Gasteiger partial charge is 0.394 e. The summed E-state index contributed by atoms with van der Waals surface area (Å²) in [6.07, 6.45) is 1.42. The van der Waals surface area contributed by atoms with Crippen LogP contribution in [0.4, 0.5) is 5.82 Å². The van der Waals surface area contributed by atoms with Gasteiger partial charge in [-0.15, -0.1) is 0 Å². The molecule has 1 aromatic carbocycles. The quantitative estimate of drug-likeness (QED) is 0.660. The van der Waals surface area contributed by atoms with Crippen LogP contribution in [0.5, 0.6) is 0 Å². The molecular weight excluding hydrogens is 320 g/mol. The van der Waals surface area contributed by atoms with Gasteiger partial charge in [0.25, 0.3) is 5.91 Å². The Morgan fingerprint density at radius 3 is 2.80 bits per heavy atom. The molecule has 3 rings (SSSR count). The number of benzene rings is 1. The highest BCUT2D eigenvalue weighted by Gasteiger charge is 2.14. The second kappa shape index (κ2) is 7.14. The van der Waals surface area contributed by atoms with Crippen LogP contribution in [0, 0.1) is 6.92 Å². The van der Waals surface area contributed by atoms with E-state index < -0.39 is 5.91 Å². The molecule has 0 saturated carbocycles. The van der Waals surface area contributed by atoms with E-state index in [2.05, 4.69) is 15.4 Å². The maximum Gasteiger partial charge on any atom is 0.257 e. The first kappa shape index (κ1) is 16.7. The van der Waals surface area contributed by atoms with Gasteiger partial charge in [-0.3, -0.25) is 9.59 Å². The molecule has 3 N–H and O–H groups in total. The van der Waals surface area contributed by atoms with Crippen molar-refractivity contribution in [1.29, 1.82) is 0 Å². The van der Waals surface area contributed by atoms with Crippen molar-refractivity contribution < 1.29 is 9.90 Å². The number of carbonyl (C=O) groups is 1. The second-order valence-corrected chi connectivity index (χ2v) is 5.57. The summed E-state index contributed by atoms with van der Waals surface area (Å²) < 4.78 is 1.53. The van der Waals surface area contributed by atoms with Crippen LogP contribution in [0.15, 0.2) is 53.5 Å². The Kier molecular flexibility index (Phi) is 4.76. The lowest BCUT2D eigenvalue weighted by molar-refractivity contribution is 0.102. The van der Waals surface area contributed by atoms with Gasteiger partial charge in [0.15, 0.2) is 0 Å². The predicted octanol–water partition coefficient (Wildman–Crippen LogP) is 1.79. The van der Waals surface area contributed by atoms with Crippen LogP contribution in [0.25, 0.3) is 11.3 Å². The summed E-state index contributed by atoms with van der Waals surface area (Å²) in [6, 6.07) is 12.3. The van der Waals surface area contributed by atoms with Crippen LogP contribution in [0.3, 0.4) is 0 Å². The zero-order valence-corrected chi connectivity index (χ0v) is 13.7. The van der Waals surface area contributed by atoms with Crippen molar-refractivity contribution in [1.82, 2.24) is 14.8 Å². The maximum absolute atomic E-state index is 12.4. The van der Waals surface area contributed by atoms with Crippen LogP contribution in [-0.2, 0) is 6.54 Å². The lowest BCUT2D eigenvalue weighted by Gasteiger charge is -2.07. The number of nitrogens with zero attached hydrogens (tertiary/aromatic N) is 2. The molecule has 3 aromatic rings. The number of hydrogen-bond donors (Lipinski definition) is 3. The summed E-state index contributed by atoms with van der Waals surface area (Å²) in [4.78, 5) is 26.2. The number of amides is 1. The van der Waals surface area contributed by atoms with E-state index in [0.717, 1.165) is 11.1 Å². The molecule has 0 bridgehead atoms. The van der Waals surface area contributed by atoms with E-state index in [1.54, 1.807) is 6.07 Å². The summed E-state index contributed by atoms with van der Waals surface area (Å²) in [6.45, 7) is 2.12. The molecule has 0 atom stereocenters. The summed E-state index contributed by atoms with van der Waals surface area (Å²) >= 11 is 0. The standard InChI is InChI=1S/C18H18N4O3/c1-12-4-2-3-5-14(12)15-11-16(22(21-15)8-9-23)20-18(25)13-6-7-19-17(24)10-13/h2-7,10-11,23H,8-9H2,1H3,(H,19,24)(H,20,25). The zero-order chi connectivity index (χ0) is 17.8. The molecule has 0 radical (unpaired) electrons. The fraction of sp³-hybridized carbons (Fsp3) is 0.167. The first-order valence-electron chi connectivity index (χ1n) is 7.83. The number of aromatic amines is 1. The van der Waals surface area contributed by atoms with E-state index >= 15 is 0 Å². The van der Waals surface area contributed by atoms with E-state index in [9.17, 15) is 14.7 Å². The third kappa shape index (κ3) is 3.67. The van der Waals surface area contributed by atoms with Crippen molar-refractivity contribution in [3.8, 4) is 11.3 Å². The number of carbonyl (C=O) groups excluding carboxylic acids is 1. The zero-order valence-electron chi connectivity index (χ0n) is 13.7. The minimum absolute atomic E-state index is 0.108. The van der Waals surface area contributed by atoms with Gasteiger partial charge in [0, 0.05) is 29.5 Å². The van der Waals surface area contributed by atoms with Crippen molar-refractivity contribution in [3.63, 3.8) is 0 Å². The molecule has 0 aliphatic rings. The lowest BCUT2D eigenvalue weighted by Crippen LogP contribution is -2.18. The fourth-order valence-electron chi connectivity index (χ4n) is 2.55. The van der Waals surface area contributed by atoms with Gasteiger partial charge < -0.3 is 15.4 Å². The predicted molar refractivity (Wildman–Crippen MR) is 94.5 cm³/mol. The average molecular weight is 338 g/mol. The van der Waals surface area contributed by atoms with Crippen molar-refractivity contribution in [2.45, 2.75) is 13.5 Å². The number of pyridine rings is 1. The number of aromatic nitrogens is 3. The van der Waals surface area contributed by atoms with E-state index in [4.69, 9.17) is 0 Å². The monoisotopic (exact) mass is 338 g/mol. The highest BCUT2D eigenvalue weighted by atomic mass is 16.3. The van der Waals surface area contributed by atoms with Gasteiger partial charge in [0.2, 0.25) is 5.56 Å². The van der Waals surface area contributed by atoms with Gasteiger partial charge in [0.1, 0.15) is 5.82 Å². The third-order valence-corrected chi connectivity index (χ3v) is 3.79. The summed E-state index contributed by atoms with van der Waals surface area (Å²) in [5.41, 5.74) is 2.61. The second-order valence-electron chi connectivity index (χ2n) is 5.57. The molecule has 0 aliphatic carbocycles. The molecule has 0 aliphatic heterocycles. The van der Waals surface area contributed by atoms with E-state index in [-0.39, 0.29) is 24.3 Å². The van der Waals surface area contributed by atoms with Gasteiger partial charge in [-0.05, 0) is 18.6 Å². The Labute approximate surface area is 143 Å². The fourth-order valence-corrected chi connectivity index (χ4v) is 2.55. The molecule has 0 unspecified atom stereocenters. The van der Waals surface area contributed by atoms with Gasteiger partial charge in [0.05, 0.1) is 18.8 Å². The summed E-state index contributed by atoms with van der Waals surface area (Å²) in [5, 5.41) is 16.5. The van der Waals surface area contributed by atoms with Crippen LogP contribution in [0.1, 0.15) is 15.9 Å². The minimum atomic E-state index is -0.415. The molecule has 0 fully saturated rings. The van der Waals surface area contributed by atoms with Gasteiger partial charge >= 0.3 is 0 Å². The molecule has 7 heteroatoms. The van der Waals surface area contributed by atoms with E-state index in [0.29, 0.717) is 11.5 Å². The van der Waals surface area contributed by atoms with Gasteiger partial charge in [-0.2, -0.15) is 5.10 Å². The highest BCUT2D eigenvalue weighted by molar-refractivity contribution is 6.03. The number of aliphatic hydroxyl groups is 1. The number of aliphatic hydroxyl groups excluding tert-OH is 1. The van der Waals surface area contributed by atoms with Crippen LogP contribution < -0.4 is 10.9 Å². The normalized spacial score (nSPS) is 10.6. The number of nitrogens with one attached hydrogen (secondary N) is 2. The van der Waals surface area contributed by atoms with Gasteiger partial charge in [-0.25, -0.2) is 4.68 Å². The highest BCUT2D eigenvalue weighted by Crippen LogP contribution is 2.25. The summed E-state index contributed by atoms with van der Waals surface area (Å²) in [7, 11) is 0. The van der Waals surface area contributed by atoms with Crippen molar-refractivity contribution in [2.24, 2.45) is 0 Å². The molecule has 2 aromatic heterocycles. The Morgan fingerprint density at radius 1 is 1.28 bits per heavy atom. The number of anilines is 1. The average Bonchev–Trinajstić information content (AvgIpc) is 2.98. The number of hydrogen-bond acceptors (Lipinski definition) is 4. The summed E-state index contributed by atoms with van der Waals surface area (Å²) in [5.74, 6) is 0.0408. The molecule has 128 valence electrons. The molecule has 25 heavy (non-hydrogen) atoms. The Morgan fingerprint density at radius 2 is 2.08 bits per heavy atom. The van der Waals surface area contributed by atoms with E-state index in [1.165, 1.54) is 23.0 Å². The lowest BCUT2D eigenvalue weighted by atomic mass is 10.1. The molecular formula is C18H18N4O3. The number of aryl methyl sites for hydroxylation is 1. The van der Waals surface area contributed by atoms with Crippen LogP contribution >= 0.6 is 0 Å². The molecule has 7 nitrogen and oxygen atoms in total. The van der Waals surface area contributed by atoms with E-state index in [1.807, 2.05) is 31.2 Å². The van der Waals surface area contributed by atoms with Gasteiger partial charge in [-0.1, -0.05) is 24.3 Å². The molecule has 1 amide bonds. The maximum atomic E-state index is 12.4. The third-order valence-electron chi connectivity index (χ3n) is 3.79. The minimum Gasteiger partial charge on any atom is -0.394 e. The molecule has 0 saturated heterocycles. The SMILES string of the molecule is Cc1ccccc1-c1cc(NC(=O)c2cc[nH]c(=O)c2)n(CCO)n1. The van der Waals surface area contributed by atoms with Crippen LogP contribution in [0.2, 0.25) is 0 Å². The molecule has 0 spiro atoms. The Hall–Kier alpha value is -3.19. The topological polar surface area (TPSA) is 100 Å². The number of rotatable bonds is 5. The first-order valence-corrected chi connectivity index (χ1v) is 7.83. The van der Waals surface area contributed by atoms with Crippen molar-refractivity contribution in [3.05, 3.63) is 70.1 Å².